The van der Waals surface area contributed by atoms with Crippen LogP contribution in [-0.4, -0.2) is 18.1 Å². The van der Waals surface area contributed by atoms with Crippen LogP contribution < -0.4 is 5.32 Å². The van der Waals surface area contributed by atoms with Gasteiger partial charge in [0.2, 0.25) is 0 Å². The number of anilines is 1. The summed E-state index contributed by atoms with van der Waals surface area (Å²) in [7, 11) is 0. The number of nitrogens with one attached hydrogen (secondary N) is 1. The van der Waals surface area contributed by atoms with Crippen LogP contribution in [0.4, 0.5) is 5.69 Å². The predicted molar refractivity (Wildman–Crippen MR) is 87.8 cm³/mol. The summed E-state index contributed by atoms with van der Waals surface area (Å²) in [5.41, 5.74) is 0.523. The molecule has 1 amide bonds. The van der Waals surface area contributed by atoms with Gasteiger partial charge in [-0.2, -0.15) is 0 Å². The molecule has 0 unspecified atom stereocenters. The fourth-order valence-corrected chi connectivity index (χ4v) is 3.66. The molecule has 2 heterocycles. The molecule has 0 aromatic heterocycles. The van der Waals surface area contributed by atoms with Crippen molar-refractivity contribution >= 4 is 22.4 Å². The van der Waals surface area contributed by atoms with Gasteiger partial charge in [0, 0.05) is 5.69 Å². The number of hydrogen-bond acceptors (Lipinski definition) is 2. The number of benzene rings is 2. The first-order chi connectivity index (χ1) is 10.6. The van der Waals surface area contributed by atoms with E-state index in [4.69, 9.17) is 4.74 Å². The highest BCUT2D eigenvalue weighted by Gasteiger charge is 2.51. The minimum atomic E-state index is -0.608. The van der Waals surface area contributed by atoms with Crippen LogP contribution in [0.2, 0.25) is 0 Å². The van der Waals surface area contributed by atoms with Gasteiger partial charge in [0.15, 0.2) is 0 Å². The third kappa shape index (κ3) is 2.20. The maximum absolute atomic E-state index is 12.7. The molecular formula is C19H21NO2. The number of fused-ring (bicyclic) bond motifs is 4. The van der Waals surface area contributed by atoms with E-state index in [1.165, 1.54) is 5.39 Å². The Kier molecular flexibility index (Phi) is 3.01. The second-order valence-electron chi connectivity index (χ2n) is 7.11. The van der Waals surface area contributed by atoms with E-state index < -0.39 is 5.60 Å². The van der Waals surface area contributed by atoms with E-state index in [-0.39, 0.29) is 11.3 Å². The van der Waals surface area contributed by atoms with Crippen LogP contribution in [0.25, 0.3) is 10.8 Å². The largest absolute Gasteiger partial charge is 0.365 e. The molecule has 3 fully saturated rings. The van der Waals surface area contributed by atoms with Gasteiger partial charge in [0.25, 0.3) is 5.91 Å². The van der Waals surface area contributed by atoms with Crippen molar-refractivity contribution in [3.8, 4) is 0 Å². The normalized spacial score (nSPS) is 30.4. The van der Waals surface area contributed by atoms with Gasteiger partial charge in [-0.15, -0.1) is 0 Å². The molecule has 2 aromatic carbocycles. The quantitative estimate of drug-likeness (QED) is 0.904. The van der Waals surface area contributed by atoms with E-state index in [1.807, 2.05) is 30.3 Å². The maximum atomic E-state index is 12.7. The SMILES string of the molecule is CC12CCC(C(=O)Nc3ccc4ccccc4c3)(CC1)OC2. The van der Waals surface area contributed by atoms with Crippen molar-refractivity contribution in [1.82, 2.24) is 0 Å². The van der Waals surface area contributed by atoms with Crippen molar-refractivity contribution < 1.29 is 9.53 Å². The highest BCUT2D eigenvalue weighted by atomic mass is 16.5. The molecule has 2 saturated heterocycles. The molecule has 0 atom stereocenters. The minimum Gasteiger partial charge on any atom is -0.365 e. The zero-order valence-electron chi connectivity index (χ0n) is 12.9. The van der Waals surface area contributed by atoms with Gasteiger partial charge in [0.1, 0.15) is 5.60 Å². The Morgan fingerprint density at radius 2 is 1.77 bits per heavy atom. The molecule has 3 heteroatoms. The van der Waals surface area contributed by atoms with E-state index in [1.54, 1.807) is 0 Å². The van der Waals surface area contributed by atoms with Crippen LogP contribution in [-0.2, 0) is 9.53 Å². The van der Waals surface area contributed by atoms with Gasteiger partial charge in [0.05, 0.1) is 6.61 Å². The third-order valence-electron chi connectivity index (χ3n) is 5.38. The average molecular weight is 295 g/mol. The van der Waals surface area contributed by atoms with Gasteiger partial charge < -0.3 is 10.1 Å². The Hall–Kier alpha value is -1.87. The van der Waals surface area contributed by atoms with Gasteiger partial charge in [-0.05, 0) is 54.0 Å². The van der Waals surface area contributed by atoms with E-state index in [0.29, 0.717) is 6.61 Å². The first-order valence-corrected chi connectivity index (χ1v) is 8.03. The number of amides is 1. The summed E-state index contributed by atoms with van der Waals surface area (Å²) >= 11 is 0. The monoisotopic (exact) mass is 295 g/mol. The van der Waals surface area contributed by atoms with E-state index in [9.17, 15) is 4.79 Å². The van der Waals surface area contributed by atoms with E-state index in [0.717, 1.165) is 36.8 Å². The summed E-state index contributed by atoms with van der Waals surface area (Å²) < 4.78 is 5.98. The summed E-state index contributed by atoms with van der Waals surface area (Å²) in [5.74, 6) is 0.0181. The molecule has 2 aliphatic heterocycles. The van der Waals surface area contributed by atoms with Gasteiger partial charge in [-0.3, -0.25) is 4.79 Å². The molecule has 2 bridgehead atoms. The summed E-state index contributed by atoms with van der Waals surface area (Å²) in [6, 6.07) is 14.2. The standard InChI is InChI=1S/C19H21NO2/c1-18-8-10-19(11-9-18,22-13-18)17(21)20-16-7-6-14-4-2-3-5-15(14)12-16/h2-7,12H,8-11,13H2,1H3,(H,20,21). The summed E-state index contributed by atoms with van der Waals surface area (Å²) in [5, 5.41) is 5.39. The lowest BCUT2D eigenvalue weighted by Crippen LogP contribution is -2.56. The molecule has 2 aromatic rings. The molecular weight excluding hydrogens is 274 g/mol. The zero-order chi connectivity index (χ0) is 15.2. The first kappa shape index (κ1) is 13.8. The molecule has 5 rings (SSSR count). The smallest absolute Gasteiger partial charge is 0.256 e. The lowest BCUT2D eigenvalue weighted by atomic mass is 9.67. The second-order valence-corrected chi connectivity index (χ2v) is 7.11. The molecule has 1 saturated carbocycles. The molecule has 0 radical (unpaired) electrons. The second kappa shape index (κ2) is 4.82. The third-order valence-corrected chi connectivity index (χ3v) is 5.38. The Balaban J connectivity index is 1.56. The van der Waals surface area contributed by atoms with Crippen LogP contribution >= 0.6 is 0 Å². The van der Waals surface area contributed by atoms with Crippen molar-refractivity contribution in [2.24, 2.45) is 5.41 Å². The van der Waals surface area contributed by atoms with Crippen molar-refractivity contribution in [2.45, 2.75) is 38.2 Å². The van der Waals surface area contributed by atoms with Crippen LogP contribution in [0.1, 0.15) is 32.6 Å². The fraction of sp³-hybridized carbons (Fsp3) is 0.421. The molecule has 3 nitrogen and oxygen atoms in total. The Labute approximate surface area is 130 Å². The van der Waals surface area contributed by atoms with Crippen molar-refractivity contribution in [1.29, 1.82) is 0 Å². The van der Waals surface area contributed by atoms with Gasteiger partial charge >= 0.3 is 0 Å². The van der Waals surface area contributed by atoms with E-state index in [2.05, 4.69) is 24.4 Å². The topological polar surface area (TPSA) is 38.3 Å². The lowest BCUT2D eigenvalue weighted by Gasteiger charge is -2.50. The molecule has 3 aliphatic rings. The van der Waals surface area contributed by atoms with Crippen LogP contribution in [0.3, 0.4) is 0 Å². The Morgan fingerprint density at radius 1 is 1.05 bits per heavy atom. The summed E-state index contributed by atoms with van der Waals surface area (Å²) in [6.45, 7) is 2.97. The first-order valence-electron chi connectivity index (χ1n) is 8.03. The van der Waals surface area contributed by atoms with Crippen LogP contribution in [0, 0.1) is 5.41 Å². The van der Waals surface area contributed by atoms with Crippen molar-refractivity contribution in [3.05, 3.63) is 42.5 Å². The van der Waals surface area contributed by atoms with Crippen LogP contribution in [0.15, 0.2) is 42.5 Å². The van der Waals surface area contributed by atoms with Crippen LogP contribution in [0.5, 0.6) is 0 Å². The highest BCUT2D eigenvalue weighted by molar-refractivity contribution is 5.99. The lowest BCUT2D eigenvalue weighted by molar-refractivity contribution is -0.185. The van der Waals surface area contributed by atoms with E-state index >= 15 is 0 Å². The van der Waals surface area contributed by atoms with Crippen molar-refractivity contribution in [2.75, 3.05) is 11.9 Å². The average Bonchev–Trinajstić information content (AvgIpc) is 2.56. The summed E-state index contributed by atoms with van der Waals surface area (Å²) in [4.78, 5) is 12.7. The highest BCUT2D eigenvalue weighted by Crippen LogP contribution is 2.48. The maximum Gasteiger partial charge on any atom is 0.256 e. The fourth-order valence-electron chi connectivity index (χ4n) is 3.66. The number of ether oxygens (including phenoxy) is 1. The zero-order valence-corrected chi connectivity index (χ0v) is 12.9. The molecule has 1 aliphatic carbocycles. The summed E-state index contributed by atoms with van der Waals surface area (Å²) in [6.07, 6.45) is 3.84. The molecule has 22 heavy (non-hydrogen) atoms. The van der Waals surface area contributed by atoms with Gasteiger partial charge in [-0.1, -0.05) is 37.3 Å². The van der Waals surface area contributed by atoms with Crippen molar-refractivity contribution in [3.63, 3.8) is 0 Å². The number of hydrogen-bond donors (Lipinski definition) is 1. The number of rotatable bonds is 2. The molecule has 114 valence electrons. The number of carbonyl (C=O) groups is 1. The van der Waals surface area contributed by atoms with Gasteiger partial charge in [-0.25, -0.2) is 0 Å². The molecule has 1 N–H and O–H groups in total. The number of carbonyl (C=O) groups excluding carboxylic acids is 1. The Bertz CT molecular complexity index is 713. The minimum absolute atomic E-state index is 0.0181. The Morgan fingerprint density at radius 3 is 2.45 bits per heavy atom. The predicted octanol–water partition coefficient (Wildman–Crippen LogP) is 4.13. The molecule has 0 spiro atoms.